The Balaban J connectivity index is 0.00000220. The zero-order valence-electron chi connectivity index (χ0n) is 12.7. The normalized spacial score (nSPS) is 17.4. The van der Waals surface area contributed by atoms with E-state index in [9.17, 15) is 5.11 Å². The Bertz CT molecular complexity index is 458. The van der Waals surface area contributed by atoms with Gasteiger partial charge in [0.15, 0.2) is 5.96 Å². The summed E-state index contributed by atoms with van der Waals surface area (Å²) in [5.41, 5.74) is -0.562. The van der Waals surface area contributed by atoms with E-state index in [1.165, 1.54) is 4.88 Å². The number of hydrogen-bond acceptors (Lipinski definition) is 4. The lowest BCUT2D eigenvalue weighted by molar-refractivity contribution is 0.0522. The summed E-state index contributed by atoms with van der Waals surface area (Å²) in [6.45, 7) is 6.03. The summed E-state index contributed by atoms with van der Waals surface area (Å²) in [6, 6.07) is 0. The Kier molecular flexibility index (Phi) is 7.89. The molecule has 1 fully saturated rings. The minimum absolute atomic E-state index is 0. The predicted molar refractivity (Wildman–Crippen MR) is 98.5 cm³/mol. The molecule has 0 bridgehead atoms. The van der Waals surface area contributed by atoms with E-state index in [0.29, 0.717) is 13.1 Å². The lowest BCUT2D eigenvalue weighted by Gasteiger charge is -2.23. The van der Waals surface area contributed by atoms with E-state index in [2.05, 4.69) is 20.6 Å². The molecule has 7 heteroatoms. The molecular weight excluding hydrogens is 399 g/mol. The summed E-state index contributed by atoms with van der Waals surface area (Å²) < 4.78 is 0. The summed E-state index contributed by atoms with van der Waals surface area (Å²) in [6.07, 6.45) is 5.86. The van der Waals surface area contributed by atoms with Gasteiger partial charge in [0.2, 0.25) is 0 Å². The van der Waals surface area contributed by atoms with E-state index in [1.807, 2.05) is 20.0 Å². The van der Waals surface area contributed by atoms with Crippen molar-refractivity contribution in [2.45, 2.75) is 51.7 Å². The number of rotatable bonds is 5. The number of aliphatic imine (C=N–C) groups is 1. The van der Waals surface area contributed by atoms with Crippen molar-refractivity contribution in [3.8, 4) is 0 Å². The SMILES string of the molecule is CCNC(=NCc1ncc(C)s1)NCC1(O)CCCC1.I. The van der Waals surface area contributed by atoms with Gasteiger partial charge in [0.25, 0.3) is 0 Å². The highest BCUT2D eigenvalue weighted by Gasteiger charge is 2.30. The molecule has 0 saturated heterocycles. The van der Waals surface area contributed by atoms with Gasteiger partial charge in [-0.1, -0.05) is 12.8 Å². The van der Waals surface area contributed by atoms with E-state index in [-0.39, 0.29) is 24.0 Å². The topological polar surface area (TPSA) is 69.5 Å². The fourth-order valence-corrected chi connectivity index (χ4v) is 3.13. The molecule has 0 aliphatic heterocycles. The van der Waals surface area contributed by atoms with Crippen molar-refractivity contribution in [1.29, 1.82) is 0 Å². The fraction of sp³-hybridized carbons (Fsp3) is 0.714. The molecular formula is C14H25IN4OS. The van der Waals surface area contributed by atoms with Crippen LogP contribution in [-0.2, 0) is 6.54 Å². The monoisotopic (exact) mass is 424 g/mol. The highest BCUT2D eigenvalue weighted by Crippen LogP contribution is 2.28. The number of halogens is 1. The Morgan fingerprint density at radius 1 is 1.43 bits per heavy atom. The molecule has 1 saturated carbocycles. The van der Waals surface area contributed by atoms with Gasteiger partial charge in [-0.2, -0.15) is 0 Å². The first kappa shape index (κ1) is 18.6. The quantitative estimate of drug-likeness (QED) is 0.386. The Morgan fingerprint density at radius 2 is 2.14 bits per heavy atom. The van der Waals surface area contributed by atoms with Crippen LogP contribution in [-0.4, -0.2) is 34.7 Å². The van der Waals surface area contributed by atoms with Crippen LogP contribution in [0.5, 0.6) is 0 Å². The summed E-state index contributed by atoms with van der Waals surface area (Å²) in [5, 5.41) is 17.8. The Hall–Kier alpha value is -0.410. The number of hydrogen-bond donors (Lipinski definition) is 3. The van der Waals surface area contributed by atoms with Crippen molar-refractivity contribution in [2.24, 2.45) is 4.99 Å². The molecule has 0 atom stereocenters. The molecule has 5 nitrogen and oxygen atoms in total. The highest BCUT2D eigenvalue weighted by atomic mass is 127. The van der Waals surface area contributed by atoms with E-state index < -0.39 is 5.60 Å². The van der Waals surface area contributed by atoms with Crippen molar-refractivity contribution < 1.29 is 5.11 Å². The van der Waals surface area contributed by atoms with Gasteiger partial charge in [-0.3, -0.25) is 0 Å². The third kappa shape index (κ3) is 6.07. The van der Waals surface area contributed by atoms with Crippen LogP contribution in [0, 0.1) is 6.92 Å². The van der Waals surface area contributed by atoms with Gasteiger partial charge >= 0.3 is 0 Å². The molecule has 1 aliphatic carbocycles. The smallest absolute Gasteiger partial charge is 0.191 e. The van der Waals surface area contributed by atoms with Crippen molar-refractivity contribution in [3.63, 3.8) is 0 Å². The maximum Gasteiger partial charge on any atom is 0.191 e. The lowest BCUT2D eigenvalue weighted by atomic mass is 10.0. The summed E-state index contributed by atoms with van der Waals surface area (Å²) >= 11 is 1.67. The summed E-state index contributed by atoms with van der Waals surface area (Å²) in [5.74, 6) is 0.751. The van der Waals surface area contributed by atoms with Crippen LogP contribution in [0.3, 0.4) is 0 Å². The minimum Gasteiger partial charge on any atom is -0.388 e. The molecule has 0 spiro atoms. The molecule has 1 aliphatic rings. The van der Waals surface area contributed by atoms with E-state index in [4.69, 9.17) is 0 Å². The van der Waals surface area contributed by atoms with Crippen LogP contribution in [0.1, 0.15) is 42.5 Å². The third-order valence-electron chi connectivity index (χ3n) is 3.50. The van der Waals surface area contributed by atoms with Crippen LogP contribution >= 0.6 is 35.3 Å². The Labute approximate surface area is 147 Å². The molecule has 1 heterocycles. The van der Waals surface area contributed by atoms with Gasteiger partial charge < -0.3 is 15.7 Å². The van der Waals surface area contributed by atoms with Gasteiger partial charge in [-0.25, -0.2) is 9.98 Å². The van der Waals surface area contributed by atoms with Crippen LogP contribution in [0.15, 0.2) is 11.2 Å². The van der Waals surface area contributed by atoms with Gasteiger partial charge in [0, 0.05) is 24.2 Å². The largest absolute Gasteiger partial charge is 0.388 e. The van der Waals surface area contributed by atoms with Gasteiger partial charge in [0.1, 0.15) is 5.01 Å². The van der Waals surface area contributed by atoms with E-state index >= 15 is 0 Å². The van der Waals surface area contributed by atoms with Gasteiger partial charge in [-0.15, -0.1) is 35.3 Å². The molecule has 2 rings (SSSR count). The van der Waals surface area contributed by atoms with Crippen LogP contribution in [0.25, 0.3) is 0 Å². The first-order chi connectivity index (χ1) is 9.61. The van der Waals surface area contributed by atoms with Crippen LogP contribution < -0.4 is 10.6 Å². The average molecular weight is 424 g/mol. The zero-order valence-corrected chi connectivity index (χ0v) is 15.8. The molecule has 0 aromatic carbocycles. The van der Waals surface area contributed by atoms with E-state index in [0.717, 1.165) is 43.2 Å². The minimum atomic E-state index is -0.562. The molecule has 0 radical (unpaired) electrons. The van der Waals surface area contributed by atoms with Crippen LogP contribution in [0.4, 0.5) is 0 Å². The Morgan fingerprint density at radius 3 is 2.71 bits per heavy atom. The third-order valence-corrected chi connectivity index (χ3v) is 4.40. The standard InChI is InChI=1S/C14H24N4OS.HI/c1-3-15-13(17-9-12-16-8-11(2)20-12)18-10-14(19)6-4-5-7-14;/h8,19H,3-7,9-10H2,1-2H3,(H2,15,17,18);1H. The van der Waals surface area contributed by atoms with Crippen molar-refractivity contribution in [2.75, 3.05) is 13.1 Å². The molecule has 21 heavy (non-hydrogen) atoms. The predicted octanol–water partition coefficient (Wildman–Crippen LogP) is 2.43. The molecule has 0 amide bonds. The second-order valence-corrected chi connectivity index (χ2v) is 6.66. The maximum atomic E-state index is 10.3. The zero-order chi connectivity index (χ0) is 14.4. The first-order valence-corrected chi connectivity index (χ1v) is 8.09. The number of nitrogens with zero attached hydrogens (tertiary/aromatic N) is 2. The van der Waals surface area contributed by atoms with E-state index in [1.54, 1.807) is 11.3 Å². The summed E-state index contributed by atoms with van der Waals surface area (Å²) in [7, 11) is 0. The first-order valence-electron chi connectivity index (χ1n) is 7.27. The number of aliphatic hydroxyl groups is 1. The van der Waals surface area contributed by atoms with Crippen molar-refractivity contribution >= 4 is 41.3 Å². The molecule has 1 aromatic heterocycles. The summed E-state index contributed by atoms with van der Waals surface area (Å²) in [4.78, 5) is 10.0. The number of guanidine groups is 1. The fourth-order valence-electron chi connectivity index (χ4n) is 2.42. The lowest BCUT2D eigenvalue weighted by Crippen LogP contribution is -2.46. The highest BCUT2D eigenvalue weighted by molar-refractivity contribution is 14.0. The van der Waals surface area contributed by atoms with Gasteiger partial charge in [0.05, 0.1) is 12.1 Å². The van der Waals surface area contributed by atoms with Crippen LogP contribution in [0.2, 0.25) is 0 Å². The van der Waals surface area contributed by atoms with Crippen molar-refractivity contribution in [3.05, 3.63) is 16.1 Å². The van der Waals surface area contributed by atoms with Crippen molar-refractivity contribution in [1.82, 2.24) is 15.6 Å². The second kappa shape index (κ2) is 8.89. The van der Waals surface area contributed by atoms with Gasteiger partial charge in [-0.05, 0) is 26.7 Å². The second-order valence-electron chi connectivity index (χ2n) is 5.34. The molecule has 1 aromatic rings. The number of nitrogens with one attached hydrogen (secondary N) is 2. The molecule has 0 unspecified atom stereocenters. The number of aromatic nitrogens is 1. The number of thiazole rings is 1. The molecule has 120 valence electrons. The molecule has 3 N–H and O–H groups in total. The number of aryl methyl sites for hydroxylation is 1. The average Bonchev–Trinajstić information content (AvgIpc) is 3.03. The maximum absolute atomic E-state index is 10.3.